The van der Waals surface area contributed by atoms with Crippen molar-refractivity contribution in [3.8, 4) is 11.5 Å². The highest BCUT2D eigenvalue weighted by Gasteiger charge is 2.30. The molecule has 2 heterocycles. The van der Waals surface area contributed by atoms with Gasteiger partial charge in [0.15, 0.2) is 0 Å². The smallest absolute Gasteiger partial charge is 0.302 e. The van der Waals surface area contributed by atoms with Crippen LogP contribution in [0.2, 0.25) is 0 Å². The molecule has 2 aromatic carbocycles. The van der Waals surface area contributed by atoms with Crippen molar-refractivity contribution in [3.63, 3.8) is 0 Å². The molecule has 0 spiro atoms. The number of benzene rings is 2. The fraction of sp³-hybridized carbons (Fsp3) is 0.423. The molecule has 176 valence electrons. The number of hydrogen-bond donors (Lipinski definition) is 2. The van der Waals surface area contributed by atoms with E-state index >= 15 is 0 Å². The minimum Gasteiger partial charge on any atom is -0.493 e. The molecule has 1 fully saturated rings. The minimum absolute atomic E-state index is 0.109. The Labute approximate surface area is 194 Å². The molecule has 0 amide bonds. The lowest BCUT2D eigenvalue weighted by Crippen LogP contribution is -2.41. The summed E-state index contributed by atoms with van der Waals surface area (Å²) in [6.07, 6.45) is 6.18. The van der Waals surface area contributed by atoms with Crippen LogP contribution in [0.3, 0.4) is 0 Å². The Morgan fingerprint density at radius 3 is 3.03 bits per heavy atom. The first-order valence-electron chi connectivity index (χ1n) is 11.4. The Balaban J connectivity index is 1.24. The molecule has 0 bridgehead atoms. The molecule has 0 aromatic heterocycles. The summed E-state index contributed by atoms with van der Waals surface area (Å²) < 4.78 is 22.3. The Bertz CT molecular complexity index is 975. The van der Waals surface area contributed by atoms with Gasteiger partial charge < -0.3 is 29.4 Å². The van der Waals surface area contributed by atoms with Crippen LogP contribution in [0.5, 0.6) is 11.5 Å². The van der Waals surface area contributed by atoms with Gasteiger partial charge in [-0.3, -0.25) is 4.79 Å². The molecule has 3 atom stereocenters. The monoisotopic (exact) mass is 453 g/mol. The third-order valence-electron chi connectivity index (χ3n) is 5.64. The molecule has 2 N–H and O–H groups in total. The van der Waals surface area contributed by atoms with Crippen LogP contribution in [0, 0.1) is 0 Å². The number of aliphatic hydroxyl groups is 1. The van der Waals surface area contributed by atoms with Gasteiger partial charge in [0.25, 0.3) is 0 Å². The van der Waals surface area contributed by atoms with Crippen molar-refractivity contribution < 1.29 is 28.8 Å². The number of ether oxygens (including phenoxy) is 4. The number of carbonyl (C=O) groups excluding carboxylic acids is 1. The predicted molar refractivity (Wildman–Crippen MR) is 124 cm³/mol. The summed E-state index contributed by atoms with van der Waals surface area (Å²) >= 11 is 0. The average molecular weight is 454 g/mol. The van der Waals surface area contributed by atoms with Gasteiger partial charge in [-0.15, -0.1) is 0 Å². The number of rotatable bonds is 9. The Hall–Kier alpha value is -3.03. The average Bonchev–Trinajstić information content (AvgIpc) is 3.25. The number of allylic oxidation sites excluding steroid dienone is 1. The number of carbonyl (C=O) groups is 1. The van der Waals surface area contributed by atoms with Crippen LogP contribution in [0.4, 0.5) is 5.69 Å². The van der Waals surface area contributed by atoms with E-state index in [1.807, 2.05) is 30.5 Å². The summed E-state index contributed by atoms with van der Waals surface area (Å²) in [6, 6.07) is 14.0. The largest absolute Gasteiger partial charge is 0.493 e. The number of aliphatic hydroxyl groups excluding tert-OH is 1. The van der Waals surface area contributed by atoms with E-state index in [1.165, 1.54) is 18.1 Å². The standard InChI is InChI=1S/C26H31NO6/c1-18(28)31-17-24-15-22(29)16-26(33-24)32-23-7-4-6-21(14-23)27-11-3-2-5-19-8-9-25-20(13-19)10-12-30-25/h3-4,6-9,11,13-14,22,24,26-27,29H,2,5,10,12,15-17H2,1H3/b11-3+/t22?,24?,26-/m1/s1. The first kappa shape index (κ1) is 23.1. The maximum absolute atomic E-state index is 11.0. The topological polar surface area (TPSA) is 86.3 Å². The second-order valence-electron chi connectivity index (χ2n) is 8.39. The Kier molecular flexibility index (Phi) is 7.86. The fourth-order valence-electron chi connectivity index (χ4n) is 4.04. The van der Waals surface area contributed by atoms with Gasteiger partial charge in [0.1, 0.15) is 18.1 Å². The number of fused-ring (bicyclic) bond motifs is 1. The number of aryl methyl sites for hydroxylation is 1. The van der Waals surface area contributed by atoms with E-state index < -0.39 is 12.4 Å². The number of nitrogens with one attached hydrogen (secondary N) is 1. The van der Waals surface area contributed by atoms with E-state index in [4.69, 9.17) is 18.9 Å². The van der Waals surface area contributed by atoms with Crippen molar-refractivity contribution in [2.45, 2.75) is 57.5 Å². The van der Waals surface area contributed by atoms with Gasteiger partial charge in [-0.1, -0.05) is 24.3 Å². The summed E-state index contributed by atoms with van der Waals surface area (Å²) in [5, 5.41) is 13.4. The van der Waals surface area contributed by atoms with Crippen molar-refractivity contribution in [1.29, 1.82) is 0 Å². The lowest BCUT2D eigenvalue weighted by atomic mass is 10.0. The van der Waals surface area contributed by atoms with Crippen molar-refractivity contribution in [1.82, 2.24) is 0 Å². The molecular weight excluding hydrogens is 422 g/mol. The summed E-state index contributed by atoms with van der Waals surface area (Å²) in [5.74, 6) is 1.29. The van der Waals surface area contributed by atoms with E-state index in [1.54, 1.807) is 0 Å². The molecule has 2 unspecified atom stereocenters. The Morgan fingerprint density at radius 2 is 2.15 bits per heavy atom. The molecule has 0 saturated carbocycles. The predicted octanol–water partition coefficient (Wildman–Crippen LogP) is 3.99. The highest BCUT2D eigenvalue weighted by Crippen LogP contribution is 2.27. The van der Waals surface area contributed by atoms with Crippen LogP contribution in [-0.4, -0.2) is 42.8 Å². The SMILES string of the molecule is CC(=O)OCC1CC(O)C[C@H](Oc2cccc(N/C=C/CCc3ccc4c(c3)CCO4)c2)O1. The maximum Gasteiger partial charge on any atom is 0.302 e. The number of esters is 1. The van der Waals surface area contributed by atoms with Gasteiger partial charge in [0, 0.05) is 37.9 Å². The van der Waals surface area contributed by atoms with Crippen LogP contribution in [0.25, 0.3) is 0 Å². The van der Waals surface area contributed by atoms with E-state index in [0.29, 0.717) is 18.6 Å². The van der Waals surface area contributed by atoms with Crippen LogP contribution in [-0.2, 0) is 27.1 Å². The van der Waals surface area contributed by atoms with Gasteiger partial charge in [-0.25, -0.2) is 0 Å². The molecule has 1 saturated heterocycles. The fourth-order valence-corrected chi connectivity index (χ4v) is 4.04. The third kappa shape index (κ3) is 6.97. The van der Waals surface area contributed by atoms with Crippen molar-refractivity contribution >= 4 is 11.7 Å². The van der Waals surface area contributed by atoms with Crippen molar-refractivity contribution in [2.75, 3.05) is 18.5 Å². The van der Waals surface area contributed by atoms with Gasteiger partial charge in [0.05, 0.1) is 18.8 Å². The van der Waals surface area contributed by atoms with E-state index in [9.17, 15) is 9.90 Å². The van der Waals surface area contributed by atoms with Gasteiger partial charge in [-0.05, 0) is 48.4 Å². The van der Waals surface area contributed by atoms with Crippen molar-refractivity contribution in [2.24, 2.45) is 0 Å². The summed E-state index contributed by atoms with van der Waals surface area (Å²) in [5.41, 5.74) is 3.52. The van der Waals surface area contributed by atoms with E-state index in [2.05, 4.69) is 29.6 Å². The van der Waals surface area contributed by atoms with Gasteiger partial charge >= 0.3 is 5.97 Å². The second-order valence-corrected chi connectivity index (χ2v) is 8.39. The summed E-state index contributed by atoms with van der Waals surface area (Å²) in [6.45, 7) is 2.24. The minimum atomic E-state index is -0.599. The maximum atomic E-state index is 11.0. The lowest BCUT2D eigenvalue weighted by molar-refractivity contribution is -0.192. The lowest BCUT2D eigenvalue weighted by Gasteiger charge is -2.32. The number of anilines is 1. The Morgan fingerprint density at radius 1 is 1.24 bits per heavy atom. The molecule has 7 heteroatoms. The van der Waals surface area contributed by atoms with Crippen LogP contribution < -0.4 is 14.8 Å². The van der Waals surface area contributed by atoms with Crippen LogP contribution in [0.1, 0.15) is 37.3 Å². The molecule has 4 rings (SSSR count). The van der Waals surface area contributed by atoms with Gasteiger partial charge in [0.2, 0.25) is 6.29 Å². The third-order valence-corrected chi connectivity index (χ3v) is 5.64. The van der Waals surface area contributed by atoms with Crippen molar-refractivity contribution in [3.05, 3.63) is 65.9 Å². The quantitative estimate of drug-likeness (QED) is 0.555. The first-order valence-corrected chi connectivity index (χ1v) is 11.4. The molecular formula is C26H31NO6. The highest BCUT2D eigenvalue weighted by atomic mass is 16.7. The molecule has 2 aliphatic rings. The van der Waals surface area contributed by atoms with Gasteiger partial charge in [-0.2, -0.15) is 0 Å². The zero-order valence-corrected chi connectivity index (χ0v) is 18.9. The highest BCUT2D eigenvalue weighted by molar-refractivity contribution is 5.65. The van der Waals surface area contributed by atoms with E-state index in [0.717, 1.165) is 37.3 Å². The molecule has 0 radical (unpaired) electrons. The molecule has 7 nitrogen and oxygen atoms in total. The first-order chi connectivity index (χ1) is 16.0. The molecule has 0 aliphatic carbocycles. The second kappa shape index (κ2) is 11.2. The molecule has 33 heavy (non-hydrogen) atoms. The van der Waals surface area contributed by atoms with Crippen LogP contribution >= 0.6 is 0 Å². The zero-order valence-electron chi connectivity index (χ0n) is 18.9. The molecule has 2 aliphatic heterocycles. The van der Waals surface area contributed by atoms with E-state index in [-0.39, 0.29) is 18.7 Å². The normalized spacial score (nSPS) is 21.9. The molecule has 2 aromatic rings. The zero-order chi connectivity index (χ0) is 23.0. The van der Waals surface area contributed by atoms with Crippen LogP contribution in [0.15, 0.2) is 54.7 Å². The summed E-state index contributed by atoms with van der Waals surface area (Å²) in [7, 11) is 0. The summed E-state index contributed by atoms with van der Waals surface area (Å²) in [4.78, 5) is 11.0. The number of hydrogen-bond acceptors (Lipinski definition) is 7.